The molecule has 0 radical (unpaired) electrons. The quantitative estimate of drug-likeness (QED) is 0.756. The Labute approximate surface area is 105 Å². The largest absolute Gasteiger partial charge is 0.394 e. The molecule has 0 aromatic carbocycles. The first kappa shape index (κ1) is 11.9. The number of rotatable bonds is 5. The molecule has 17 heavy (non-hydrogen) atoms. The van der Waals surface area contributed by atoms with Gasteiger partial charge in [-0.3, -0.25) is 0 Å². The maximum atomic E-state index is 9.64. The molecule has 1 saturated heterocycles. The zero-order valence-corrected chi connectivity index (χ0v) is 11.0. The first-order chi connectivity index (χ1) is 8.18. The van der Waals surface area contributed by atoms with Crippen molar-refractivity contribution in [2.24, 2.45) is 11.8 Å². The molecule has 0 aromatic rings. The first-order valence-electron chi connectivity index (χ1n) is 7.29. The van der Waals surface area contributed by atoms with Crippen LogP contribution in [0.5, 0.6) is 0 Å². The van der Waals surface area contributed by atoms with Gasteiger partial charge in [-0.25, -0.2) is 0 Å². The van der Waals surface area contributed by atoms with Crippen LogP contribution >= 0.6 is 0 Å². The molecule has 3 rings (SSSR count). The maximum absolute atomic E-state index is 9.64. The molecule has 2 aliphatic carbocycles. The van der Waals surface area contributed by atoms with Gasteiger partial charge in [0.15, 0.2) is 0 Å². The number of likely N-dealkylation sites (tertiary alicyclic amines) is 1. The number of aliphatic hydroxyl groups excluding tert-OH is 1. The average molecular weight is 238 g/mol. The molecule has 1 heterocycles. The van der Waals surface area contributed by atoms with Crippen molar-refractivity contribution in [3.8, 4) is 0 Å². The van der Waals surface area contributed by atoms with Crippen LogP contribution in [0.2, 0.25) is 0 Å². The minimum atomic E-state index is -0.0835. The molecule has 0 amide bonds. The van der Waals surface area contributed by atoms with Crippen molar-refractivity contribution in [1.29, 1.82) is 0 Å². The van der Waals surface area contributed by atoms with Crippen molar-refractivity contribution < 1.29 is 5.11 Å². The Hall–Kier alpha value is -0.120. The summed E-state index contributed by atoms with van der Waals surface area (Å²) in [5.41, 5.74) is -0.0835. The molecule has 3 aliphatic rings. The Kier molecular flexibility index (Phi) is 3.18. The summed E-state index contributed by atoms with van der Waals surface area (Å²) < 4.78 is 0. The second kappa shape index (κ2) is 4.52. The van der Waals surface area contributed by atoms with Crippen molar-refractivity contribution in [2.75, 3.05) is 26.2 Å². The van der Waals surface area contributed by atoms with E-state index in [1.807, 2.05) is 0 Å². The molecule has 3 fully saturated rings. The average Bonchev–Trinajstić information content (AvgIpc) is 2.84. The SMILES string of the molecule is CC(CO)(CN1CC2CCCC2C1)NC1CC1. The highest BCUT2D eigenvalue weighted by molar-refractivity contribution is 4.97. The number of nitrogens with zero attached hydrogens (tertiary/aromatic N) is 1. The fraction of sp³-hybridized carbons (Fsp3) is 1.00. The van der Waals surface area contributed by atoms with Crippen LogP contribution in [0.4, 0.5) is 0 Å². The molecular weight excluding hydrogens is 212 g/mol. The third kappa shape index (κ3) is 2.67. The molecule has 3 atom stereocenters. The molecule has 0 spiro atoms. The summed E-state index contributed by atoms with van der Waals surface area (Å²) in [5, 5.41) is 13.3. The normalized spacial score (nSPS) is 37.1. The van der Waals surface area contributed by atoms with E-state index in [4.69, 9.17) is 0 Å². The van der Waals surface area contributed by atoms with Gasteiger partial charge in [0.05, 0.1) is 12.1 Å². The van der Waals surface area contributed by atoms with E-state index in [1.54, 1.807) is 0 Å². The lowest BCUT2D eigenvalue weighted by molar-refractivity contribution is 0.126. The number of hydrogen-bond donors (Lipinski definition) is 2. The Morgan fingerprint density at radius 3 is 2.35 bits per heavy atom. The lowest BCUT2D eigenvalue weighted by Crippen LogP contribution is -2.54. The van der Waals surface area contributed by atoms with Gasteiger partial charge in [0.2, 0.25) is 0 Å². The van der Waals surface area contributed by atoms with E-state index in [9.17, 15) is 5.11 Å². The van der Waals surface area contributed by atoms with Crippen LogP contribution in [0.15, 0.2) is 0 Å². The van der Waals surface area contributed by atoms with E-state index < -0.39 is 0 Å². The highest BCUT2D eigenvalue weighted by Crippen LogP contribution is 2.38. The highest BCUT2D eigenvalue weighted by Gasteiger charge is 2.40. The van der Waals surface area contributed by atoms with E-state index in [-0.39, 0.29) is 12.1 Å². The van der Waals surface area contributed by atoms with E-state index >= 15 is 0 Å². The summed E-state index contributed by atoms with van der Waals surface area (Å²) in [6.45, 7) is 6.00. The van der Waals surface area contributed by atoms with E-state index in [2.05, 4.69) is 17.1 Å². The van der Waals surface area contributed by atoms with Crippen LogP contribution in [-0.4, -0.2) is 47.8 Å². The van der Waals surface area contributed by atoms with Crippen molar-refractivity contribution in [2.45, 2.75) is 50.6 Å². The fourth-order valence-corrected chi connectivity index (χ4v) is 3.82. The van der Waals surface area contributed by atoms with E-state index in [1.165, 1.54) is 45.2 Å². The summed E-state index contributed by atoms with van der Waals surface area (Å²) in [6, 6.07) is 0.675. The Bertz CT molecular complexity index is 267. The Balaban J connectivity index is 1.54. The standard InChI is InChI=1S/C14H26N2O/c1-14(10-17,15-13-5-6-13)9-16-7-11-3-2-4-12(11)8-16/h11-13,15,17H,2-10H2,1H3. The smallest absolute Gasteiger partial charge is 0.0623 e. The Morgan fingerprint density at radius 2 is 1.82 bits per heavy atom. The highest BCUT2D eigenvalue weighted by atomic mass is 16.3. The third-order valence-electron chi connectivity index (χ3n) is 4.85. The van der Waals surface area contributed by atoms with Crippen molar-refractivity contribution >= 4 is 0 Å². The summed E-state index contributed by atoms with van der Waals surface area (Å²) in [5.74, 6) is 1.91. The summed E-state index contributed by atoms with van der Waals surface area (Å²) in [7, 11) is 0. The van der Waals surface area contributed by atoms with Crippen LogP contribution in [-0.2, 0) is 0 Å². The van der Waals surface area contributed by atoms with Crippen molar-refractivity contribution in [3.05, 3.63) is 0 Å². The molecule has 0 bridgehead atoms. The molecule has 2 saturated carbocycles. The van der Waals surface area contributed by atoms with Gasteiger partial charge < -0.3 is 15.3 Å². The predicted octanol–water partition coefficient (Wildman–Crippen LogP) is 1.22. The fourth-order valence-electron chi connectivity index (χ4n) is 3.82. The third-order valence-corrected chi connectivity index (χ3v) is 4.85. The van der Waals surface area contributed by atoms with Gasteiger partial charge in [-0.15, -0.1) is 0 Å². The summed E-state index contributed by atoms with van der Waals surface area (Å²) >= 11 is 0. The number of fused-ring (bicyclic) bond motifs is 1. The molecule has 0 aromatic heterocycles. The minimum absolute atomic E-state index is 0.0835. The topological polar surface area (TPSA) is 35.5 Å². The van der Waals surface area contributed by atoms with Crippen LogP contribution < -0.4 is 5.32 Å². The van der Waals surface area contributed by atoms with Crippen molar-refractivity contribution in [3.63, 3.8) is 0 Å². The predicted molar refractivity (Wildman–Crippen MR) is 68.9 cm³/mol. The van der Waals surface area contributed by atoms with Crippen LogP contribution in [0.1, 0.15) is 39.0 Å². The zero-order chi connectivity index (χ0) is 11.9. The lowest BCUT2D eigenvalue weighted by Gasteiger charge is -2.33. The van der Waals surface area contributed by atoms with Gasteiger partial charge in [0, 0.05) is 25.7 Å². The molecule has 3 heteroatoms. The van der Waals surface area contributed by atoms with Gasteiger partial charge in [-0.1, -0.05) is 6.42 Å². The van der Waals surface area contributed by atoms with Gasteiger partial charge in [-0.2, -0.15) is 0 Å². The molecule has 2 N–H and O–H groups in total. The summed E-state index contributed by atoms with van der Waals surface area (Å²) in [4.78, 5) is 2.58. The lowest BCUT2D eigenvalue weighted by atomic mass is 10.0. The minimum Gasteiger partial charge on any atom is -0.394 e. The van der Waals surface area contributed by atoms with E-state index in [0.29, 0.717) is 6.04 Å². The van der Waals surface area contributed by atoms with Gasteiger partial charge in [0.1, 0.15) is 0 Å². The Morgan fingerprint density at radius 1 is 1.18 bits per heavy atom. The number of nitrogens with one attached hydrogen (secondary N) is 1. The van der Waals surface area contributed by atoms with Crippen LogP contribution in [0.3, 0.4) is 0 Å². The van der Waals surface area contributed by atoms with E-state index in [0.717, 1.165) is 18.4 Å². The second-order valence-electron chi connectivity index (χ2n) is 6.78. The number of hydrogen-bond acceptors (Lipinski definition) is 3. The number of aliphatic hydroxyl groups is 1. The van der Waals surface area contributed by atoms with Gasteiger partial charge >= 0.3 is 0 Å². The molecule has 3 unspecified atom stereocenters. The molecule has 98 valence electrons. The van der Waals surface area contributed by atoms with Crippen LogP contribution in [0, 0.1) is 11.8 Å². The van der Waals surface area contributed by atoms with Gasteiger partial charge in [0.25, 0.3) is 0 Å². The molecule has 1 aliphatic heterocycles. The van der Waals surface area contributed by atoms with Gasteiger partial charge in [-0.05, 0) is 44.4 Å². The molecular formula is C14H26N2O. The second-order valence-corrected chi connectivity index (χ2v) is 6.78. The molecule has 3 nitrogen and oxygen atoms in total. The summed E-state index contributed by atoms with van der Waals surface area (Å²) in [6.07, 6.45) is 6.91. The monoisotopic (exact) mass is 238 g/mol. The van der Waals surface area contributed by atoms with Crippen LogP contribution in [0.25, 0.3) is 0 Å². The zero-order valence-electron chi connectivity index (χ0n) is 11.0. The first-order valence-corrected chi connectivity index (χ1v) is 7.29. The van der Waals surface area contributed by atoms with Crippen molar-refractivity contribution in [1.82, 2.24) is 10.2 Å². The maximum Gasteiger partial charge on any atom is 0.0623 e.